The van der Waals surface area contributed by atoms with Crippen molar-refractivity contribution in [1.82, 2.24) is 19.6 Å². The van der Waals surface area contributed by atoms with Gasteiger partial charge >= 0.3 is 0 Å². The van der Waals surface area contributed by atoms with E-state index in [2.05, 4.69) is 21.3 Å². The number of aromatic nitrogens is 2. The third-order valence-electron chi connectivity index (χ3n) is 6.01. The molecule has 1 atom stereocenters. The standard InChI is InChI=1S/C25H26ClN5O2S/c1-16(18-6-5-17(12-19(18)26)15-30-10-7-28-8-11-30)33-21-13-22(34-24(21)25(27)32)20-14-29-23-4-2-3-9-31(20)23/h2-6,9,12-14,16,28H,7-8,10-11,15H2,1H3,(H2,27,32). The molecular weight excluding hydrogens is 470 g/mol. The summed E-state index contributed by atoms with van der Waals surface area (Å²) in [4.78, 5) is 20.3. The Hall–Kier alpha value is -2.91. The molecule has 176 valence electrons. The highest BCUT2D eigenvalue weighted by molar-refractivity contribution is 7.17. The molecule has 3 aromatic heterocycles. The molecule has 0 aliphatic carbocycles. The van der Waals surface area contributed by atoms with Gasteiger partial charge in [0.15, 0.2) is 0 Å². The second-order valence-corrected chi connectivity index (χ2v) is 9.84. The number of carbonyl (C=O) groups excluding carboxylic acids is 1. The number of amides is 1. The summed E-state index contributed by atoms with van der Waals surface area (Å²) in [5.74, 6) is -0.0726. The fourth-order valence-corrected chi connectivity index (χ4v) is 5.56. The number of hydrogen-bond acceptors (Lipinski definition) is 6. The number of nitrogens with one attached hydrogen (secondary N) is 1. The first-order valence-corrected chi connectivity index (χ1v) is 12.4. The van der Waals surface area contributed by atoms with Crippen LogP contribution in [0.15, 0.2) is 54.9 Å². The zero-order valence-electron chi connectivity index (χ0n) is 18.8. The predicted molar refractivity (Wildman–Crippen MR) is 136 cm³/mol. The molecule has 1 amide bonds. The number of hydrogen-bond donors (Lipinski definition) is 2. The van der Waals surface area contributed by atoms with Crippen molar-refractivity contribution in [3.05, 3.63) is 75.9 Å². The Labute approximate surface area is 207 Å². The quantitative estimate of drug-likeness (QED) is 0.398. The molecule has 7 nitrogen and oxygen atoms in total. The molecule has 4 aromatic rings. The van der Waals surface area contributed by atoms with Gasteiger partial charge < -0.3 is 15.8 Å². The second kappa shape index (κ2) is 9.76. The lowest BCUT2D eigenvalue weighted by atomic mass is 10.1. The van der Waals surface area contributed by atoms with Gasteiger partial charge in [0.05, 0.1) is 16.8 Å². The van der Waals surface area contributed by atoms with E-state index in [0.29, 0.717) is 15.6 Å². The van der Waals surface area contributed by atoms with E-state index >= 15 is 0 Å². The van der Waals surface area contributed by atoms with Crippen LogP contribution in [0.3, 0.4) is 0 Å². The van der Waals surface area contributed by atoms with Crippen molar-refractivity contribution in [2.45, 2.75) is 19.6 Å². The summed E-state index contributed by atoms with van der Waals surface area (Å²) in [6, 6.07) is 13.8. The summed E-state index contributed by atoms with van der Waals surface area (Å²) in [6.07, 6.45) is 3.36. The minimum atomic E-state index is -0.523. The number of ether oxygens (including phenoxy) is 1. The molecule has 1 saturated heterocycles. The summed E-state index contributed by atoms with van der Waals surface area (Å²) in [7, 11) is 0. The molecule has 0 radical (unpaired) electrons. The molecule has 0 saturated carbocycles. The zero-order valence-corrected chi connectivity index (χ0v) is 20.4. The van der Waals surface area contributed by atoms with E-state index in [0.717, 1.165) is 54.5 Å². The number of benzene rings is 1. The molecule has 4 heterocycles. The van der Waals surface area contributed by atoms with E-state index in [9.17, 15) is 4.79 Å². The lowest BCUT2D eigenvalue weighted by molar-refractivity contribution is 0.0998. The molecule has 1 aliphatic heterocycles. The Morgan fingerprint density at radius 2 is 2.09 bits per heavy atom. The van der Waals surface area contributed by atoms with E-state index in [-0.39, 0.29) is 6.10 Å². The molecule has 1 aliphatic rings. The summed E-state index contributed by atoms with van der Waals surface area (Å²) in [5, 5.41) is 4.02. The number of nitrogens with zero attached hydrogens (tertiary/aromatic N) is 3. The molecule has 9 heteroatoms. The number of imidazole rings is 1. The lowest BCUT2D eigenvalue weighted by Crippen LogP contribution is -2.42. The highest BCUT2D eigenvalue weighted by atomic mass is 35.5. The van der Waals surface area contributed by atoms with Crippen molar-refractivity contribution < 1.29 is 9.53 Å². The SMILES string of the molecule is CC(Oc1cc(-c2cnc3ccccn23)sc1C(N)=O)c1ccc(CN2CCNCC2)cc1Cl. The fraction of sp³-hybridized carbons (Fsp3) is 0.280. The molecule has 0 bridgehead atoms. The smallest absolute Gasteiger partial charge is 0.262 e. The Balaban J connectivity index is 1.38. The van der Waals surface area contributed by atoms with Crippen LogP contribution in [-0.4, -0.2) is 46.4 Å². The van der Waals surface area contributed by atoms with Gasteiger partial charge in [-0.3, -0.25) is 14.1 Å². The van der Waals surface area contributed by atoms with Crippen molar-refractivity contribution in [3.63, 3.8) is 0 Å². The van der Waals surface area contributed by atoms with Crippen LogP contribution in [0.25, 0.3) is 16.2 Å². The number of thiophene rings is 1. The minimum absolute atomic E-state index is 0.358. The van der Waals surface area contributed by atoms with Gasteiger partial charge in [-0.1, -0.05) is 29.8 Å². The lowest BCUT2D eigenvalue weighted by Gasteiger charge is -2.27. The number of fused-ring (bicyclic) bond motifs is 1. The van der Waals surface area contributed by atoms with Crippen LogP contribution in [0, 0.1) is 0 Å². The number of halogens is 1. The van der Waals surface area contributed by atoms with Gasteiger partial charge in [-0.05, 0) is 30.7 Å². The molecule has 1 aromatic carbocycles. The molecular formula is C25H26ClN5O2S. The average Bonchev–Trinajstić information content (AvgIpc) is 3.44. The Bertz CT molecular complexity index is 1330. The number of primary amides is 1. The monoisotopic (exact) mass is 495 g/mol. The Morgan fingerprint density at radius 1 is 1.26 bits per heavy atom. The number of pyridine rings is 1. The summed E-state index contributed by atoms with van der Waals surface area (Å²) in [5.41, 5.74) is 9.42. The van der Waals surface area contributed by atoms with E-state index < -0.39 is 5.91 Å². The fourth-order valence-electron chi connectivity index (χ4n) is 4.25. The van der Waals surface area contributed by atoms with Crippen LogP contribution in [-0.2, 0) is 6.54 Å². The van der Waals surface area contributed by atoms with Crippen molar-refractivity contribution in [1.29, 1.82) is 0 Å². The van der Waals surface area contributed by atoms with Crippen LogP contribution in [0.5, 0.6) is 5.75 Å². The normalized spacial score (nSPS) is 15.5. The molecule has 1 fully saturated rings. The highest BCUT2D eigenvalue weighted by Gasteiger charge is 2.22. The van der Waals surface area contributed by atoms with Gasteiger partial charge in [0.1, 0.15) is 22.4 Å². The topological polar surface area (TPSA) is 84.9 Å². The first kappa shape index (κ1) is 22.9. The van der Waals surface area contributed by atoms with Gasteiger partial charge in [-0.2, -0.15) is 0 Å². The molecule has 5 rings (SSSR count). The van der Waals surface area contributed by atoms with Crippen molar-refractivity contribution in [3.8, 4) is 16.3 Å². The maximum absolute atomic E-state index is 12.2. The molecule has 34 heavy (non-hydrogen) atoms. The number of rotatable bonds is 7. The highest BCUT2D eigenvalue weighted by Crippen LogP contribution is 2.39. The first-order valence-electron chi connectivity index (χ1n) is 11.2. The number of nitrogens with two attached hydrogens (primary N) is 1. The Kier molecular flexibility index (Phi) is 6.56. The van der Waals surface area contributed by atoms with Crippen LogP contribution in [0.2, 0.25) is 5.02 Å². The van der Waals surface area contributed by atoms with Gasteiger partial charge in [0.2, 0.25) is 0 Å². The molecule has 3 N–H and O–H groups in total. The summed E-state index contributed by atoms with van der Waals surface area (Å²) >= 11 is 7.95. The van der Waals surface area contributed by atoms with Crippen LogP contribution < -0.4 is 15.8 Å². The van der Waals surface area contributed by atoms with Gasteiger partial charge in [-0.25, -0.2) is 4.98 Å². The predicted octanol–water partition coefficient (Wildman–Crippen LogP) is 4.36. The van der Waals surface area contributed by atoms with Crippen molar-refractivity contribution in [2.75, 3.05) is 26.2 Å². The summed E-state index contributed by atoms with van der Waals surface area (Å²) in [6.45, 7) is 6.88. The minimum Gasteiger partial charge on any atom is -0.484 e. The average molecular weight is 496 g/mol. The van der Waals surface area contributed by atoms with Gasteiger partial charge in [-0.15, -0.1) is 11.3 Å². The molecule has 1 unspecified atom stereocenters. The third kappa shape index (κ3) is 4.67. The van der Waals surface area contributed by atoms with Gasteiger partial charge in [0.25, 0.3) is 5.91 Å². The van der Waals surface area contributed by atoms with Crippen LogP contribution in [0.4, 0.5) is 0 Å². The largest absolute Gasteiger partial charge is 0.484 e. The number of carbonyl (C=O) groups is 1. The van der Waals surface area contributed by atoms with E-state index in [1.807, 2.05) is 53.9 Å². The maximum atomic E-state index is 12.2. The third-order valence-corrected chi connectivity index (χ3v) is 7.49. The van der Waals surface area contributed by atoms with Crippen molar-refractivity contribution >= 4 is 34.5 Å². The number of piperazine rings is 1. The second-order valence-electron chi connectivity index (χ2n) is 8.38. The van der Waals surface area contributed by atoms with Crippen molar-refractivity contribution in [2.24, 2.45) is 5.73 Å². The van der Waals surface area contributed by atoms with Crippen LogP contribution in [0.1, 0.15) is 33.8 Å². The molecule has 0 spiro atoms. The van der Waals surface area contributed by atoms with Gasteiger partial charge in [0, 0.05) is 55.6 Å². The van der Waals surface area contributed by atoms with E-state index in [1.165, 1.54) is 16.9 Å². The maximum Gasteiger partial charge on any atom is 0.262 e. The summed E-state index contributed by atoms with van der Waals surface area (Å²) < 4.78 is 8.20. The van der Waals surface area contributed by atoms with E-state index in [4.69, 9.17) is 22.1 Å². The zero-order chi connectivity index (χ0) is 23.7. The first-order chi connectivity index (χ1) is 16.5. The Morgan fingerprint density at radius 3 is 2.85 bits per heavy atom. The van der Waals surface area contributed by atoms with Crippen LogP contribution >= 0.6 is 22.9 Å². The van der Waals surface area contributed by atoms with E-state index in [1.54, 1.807) is 6.20 Å².